The van der Waals surface area contributed by atoms with Crippen molar-refractivity contribution < 1.29 is 22.8 Å². The van der Waals surface area contributed by atoms with Crippen molar-refractivity contribution >= 4 is 72.9 Å². The number of carbonyl (C=O) groups excluding carboxylic acids is 2. The van der Waals surface area contributed by atoms with Crippen molar-refractivity contribution in [3.63, 3.8) is 0 Å². The molecule has 2 aromatic heterocycles. The molecule has 248 valence electrons. The van der Waals surface area contributed by atoms with Gasteiger partial charge in [-0.05, 0) is 60.4 Å². The van der Waals surface area contributed by atoms with E-state index in [-0.39, 0.29) is 56.0 Å². The van der Waals surface area contributed by atoms with Gasteiger partial charge in [0.15, 0.2) is 11.6 Å². The molecule has 4 aliphatic rings. The fourth-order valence-corrected chi connectivity index (χ4v) is 10.0. The average molecular weight is 723 g/mol. The van der Waals surface area contributed by atoms with Gasteiger partial charge in [0.25, 0.3) is 0 Å². The molecule has 1 spiro atoms. The Bertz CT molecular complexity index is 2700. The highest BCUT2D eigenvalue weighted by Crippen LogP contribution is 2.63. The molecule has 0 unspecified atom stereocenters. The number of carbonyl (C=O) groups is 2. The van der Waals surface area contributed by atoms with Gasteiger partial charge in [0.2, 0.25) is 11.6 Å². The van der Waals surface area contributed by atoms with Gasteiger partial charge in [-0.2, -0.15) is 21.0 Å². The lowest BCUT2D eigenvalue weighted by molar-refractivity contribution is 0.106. The van der Waals surface area contributed by atoms with Crippen LogP contribution in [-0.4, -0.2) is 23.0 Å². The molecule has 0 bridgehead atoms. The first-order valence-electron chi connectivity index (χ1n) is 15.7. The Hall–Kier alpha value is -6.51. The van der Waals surface area contributed by atoms with Crippen molar-refractivity contribution in [1.29, 1.82) is 21.0 Å². The lowest BCUT2D eigenvalue weighted by Crippen LogP contribution is -2.19. The van der Waals surface area contributed by atoms with Crippen molar-refractivity contribution in [2.24, 2.45) is 9.98 Å². The SMILES string of the molecule is C=Cc1cc2c(cc1F)C(=C(C#N)C#N)C(=Nc1cc3c(s1)-c1sc(N=C4C(=O)c5cc(F)c(F)cc5C4=C(C#N)C#N)cc1C31CCCC1)C2=O. The first kappa shape index (κ1) is 32.7. The maximum absolute atomic E-state index is 14.8. The number of nitrogens with zero attached hydrogens (tertiary/aromatic N) is 6. The van der Waals surface area contributed by atoms with Crippen LogP contribution in [0, 0.1) is 62.8 Å². The summed E-state index contributed by atoms with van der Waals surface area (Å²) >= 11 is 2.56. The Balaban J connectivity index is 1.27. The van der Waals surface area contributed by atoms with E-state index in [0.717, 1.165) is 64.8 Å². The lowest BCUT2D eigenvalue weighted by Gasteiger charge is -2.24. The van der Waals surface area contributed by atoms with Gasteiger partial charge in [-0.25, -0.2) is 23.2 Å². The van der Waals surface area contributed by atoms with Crippen LogP contribution in [0.5, 0.6) is 0 Å². The molecule has 2 heterocycles. The number of rotatable bonds is 3. The van der Waals surface area contributed by atoms with E-state index in [1.54, 1.807) is 12.1 Å². The second-order valence-corrected chi connectivity index (χ2v) is 14.5. The number of ketones is 2. The maximum atomic E-state index is 14.8. The monoisotopic (exact) mass is 722 g/mol. The topological polar surface area (TPSA) is 154 Å². The van der Waals surface area contributed by atoms with E-state index in [4.69, 9.17) is 4.99 Å². The molecule has 0 saturated heterocycles. The van der Waals surface area contributed by atoms with E-state index < -0.39 is 40.0 Å². The predicted molar refractivity (Wildman–Crippen MR) is 189 cm³/mol. The zero-order chi connectivity index (χ0) is 36.6. The van der Waals surface area contributed by atoms with E-state index in [2.05, 4.69) is 11.6 Å². The van der Waals surface area contributed by atoms with Gasteiger partial charge in [0, 0.05) is 44.4 Å². The largest absolute Gasteiger partial charge is 0.287 e. The highest BCUT2D eigenvalue weighted by Gasteiger charge is 2.48. The molecule has 0 aliphatic heterocycles. The summed E-state index contributed by atoms with van der Waals surface area (Å²) < 4.78 is 43.3. The number of allylic oxidation sites excluding steroid dienone is 4. The fourth-order valence-electron chi connectivity index (χ4n) is 7.61. The molecule has 0 amide bonds. The molecule has 0 atom stereocenters. The van der Waals surface area contributed by atoms with Crippen molar-refractivity contribution in [1.82, 2.24) is 0 Å². The van der Waals surface area contributed by atoms with Crippen LogP contribution in [0.15, 0.2) is 64.1 Å². The van der Waals surface area contributed by atoms with Crippen LogP contribution < -0.4 is 0 Å². The minimum Gasteiger partial charge on any atom is -0.287 e. The van der Waals surface area contributed by atoms with Gasteiger partial charge in [-0.15, -0.1) is 22.7 Å². The molecule has 2 aromatic carbocycles. The Labute approximate surface area is 301 Å². The summed E-state index contributed by atoms with van der Waals surface area (Å²) in [6.07, 6.45) is 4.70. The van der Waals surface area contributed by atoms with Gasteiger partial charge in [-0.3, -0.25) is 9.59 Å². The molecule has 4 aromatic rings. The zero-order valence-electron chi connectivity index (χ0n) is 26.5. The van der Waals surface area contributed by atoms with Crippen molar-refractivity contribution in [2.45, 2.75) is 31.1 Å². The highest BCUT2D eigenvalue weighted by atomic mass is 32.1. The quantitative estimate of drug-likeness (QED) is 0.192. The van der Waals surface area contributed by atoms with Crippen LogP contribution in [-0.2, 0) is 5.41 Å². The molecule has 1 fully saturated rings. The summed E-state index contributed by atoms with van der Waals surface area (Å²) in [5.74, 6) is -4.46. The Morgan fingerprint density at radius 1 is 0.673 bits per heavy atom. The summed E-state index contributed by atoms with van der Waals surface area (Å²) in [5.41, 5.74) is 0.0922. The van der Waals surface area contributed by atoms with Crippen LogP contribution in [0.25, 0.3) is 27.0 Å². The van der Waals surface area contributed by atoms with Crippen molar-refractivity contribution in [3.8, 4) is 34.0 Å². The smallest absolute Gasteiger partial charge is 0.212 e. The number of thiophene rings is 2. The zero-order valence-corrected chi connectivity index (χ0v) is 28.2. The van der Waals surface area contributed by atoms with Crippen LogP contribution in [0.2, 0.25) is 0 Å². The van der Waals surface area contributed by atoms with Gasteiger partial charge < -0.3 is 0 Å². The number of Topliss-reactive ketones (excluding diaryl/α,β-unsaturated/α-hetero) is 2. The van der Waals surface area contributed by atoms with Gasteiger partial charge >= 0.3 is 0 Å². The van der Waals surface area contributed by atoms with E-state index in [0.29, 0.717) is 10.0 Å². The van der Waals surface area contributed by atoms with Gasteiger partial charge in [-0.1, -0.05) is 25.5 Å². The molecular weight excluding hydrogens is 706 g/mol. The predicted octanol–water partition coefficient (Wildman–Crippen LogP) is 9.25. The molecule has 52 heavy (non-hydrogen) atoms. The molecule has 4 aliphatic carbocycles. The third-order valence-electron chi connectivity index (χ3n) is 9.87. The minimum absolute atomic E-state index is 0.0430. The average Bonchev–Trinajstić information content (AvgIpc) is 3.98. The van der Waals surface area contributed by atoms with Gasteiger partial charge in [0.1, 0.15) is 62.7 Å². The first-order valence-corrected chi connectivity index (χ1v) is 17.3. The lowest BCUT2D eigenvalue weighted by atomic mass is 9.78. The summed E-state index contributed by atoms with van der Waals surface area (Å²) in [7, 11) is 0. The Morgan fingerprint density at radius 3 is 1.54 bits per heavy atom. The van der Waals surface area contributed by atoms with E-state index >= 15 is 0 Å². The third-order valence-corrected chi connectivity index (χ3v) is 12.1. The van der Waals surface area contributed by atoms with E-state index in [1.807, 2.05) is 24.3 Å². The number of nitriles is 4. The number of benzene rings is 2. The summed E-state index contributed by atoms with van der Waals surface area (Å²) in [5, 5.41) is 39.7. The van der Waals surface area contributed by atoms with Crippen molar-refractivity contribution in [3.05, 3.63) is 111 Å². The molecule has 0 N–H and O–H groups in total. The number of halogens is 3. The molecule has 0 radical (unpaired) electrons. The summed E-state index contributed by atoms with van der Waals surface area (Å²) in [6, 6.07) is 14.8. The van der Waals surface area contributed by atoms with E-state index in [9.17, 15) is 43.8 Å². The fraction of sp³-hybridized carbons (Fsp3) is 0.128. The minimum atomic E-state index is -1.25. The Morgan fingerprint density at radius 2 is 1.10 bits per heavy atom. The summed E-state index contributed by atoms with van der Waals surface area (Å²) in [4.78, 5) is 38.2. The second kappa shape index (κ2) is 11.8. The standard InChI is InChI=1S/C39H17F3N6O2S2/c1-2-17-7-22-20(8-26(17)40)31(18(13-43)14-44)33(35(22)49)47-29-11-24-37(51-29)38-25(39(24)5-3-4-6-39)12-30(52-38)48-34-32(19(15-45)16-46)21-9-27(41)28(42)10-23(21)36(34)50/h2,7-12H,1,3-6H2. The molecule has 8 nitrogen and oxygen atoms in total. The third kappa shape index (κ3) is 4.47. The number of aliphatic imine (C=N–C) groups is 2. The second-order valence-electron chi connectivity index (χ2n) is 12.4. The number of fused-ring (bicyclic) bond motifs is 7. The van der Waals surface area contributed by atoms with Crippen LogP contribution in [0.1, 0.15) is 74.2 Å². The number of hydrogen-bond donors (Lipinski definition) is 0. The van der Waals surface area contributed by atoms with E-state index in [1.165, 1.54) is 34.8 Å². The molecule has 8 rings (SSSR count). The first-order chi connectivity index (χ1) is 25.1. The van der Waals surface area contributed by atoms with Crippen LogP contribution in [0.4, 0.5) is 23.2 Å². The Kier molecular flexibility index (Phi) is 7.41. The van der Waals surface area contributed by atoms with Crippen LogP contribution >= 0.6 is 22.7 Å². The number of hydrogen-bond acceptors (Lipinski definition) is 10. The van der Waals surface area contributed by atoms with Gasteiger partial charge in [0.05, 0.1) is 9.75 Å². The molecule has 13 heteroatoms. The normalized spacial score (nSPS) is 17.4. The summed E-state index contributed by atoms with van der Waals surface area (Å²) in [6.45, 7) is 3.59. The maximum Gasteiger partial charge on any atom is 0.212 e. The van der Waals surface area contributed by atoms with Crippen LogP contribution in [0.3, 0.4) is 0 Å². The van der Waals surface area contributed by atoms with Crippen molar-refractivity contribution in [2.75, 3.05) is 0 Å². The molecule has 1 saturated carbocycles. The molecular formula is C39H17F3N6O2S2. The highest BCUT2D eigenvalue weighted by molar-refractivity contribution is 7.26.